The second kappa shape index (κ2) is 14.3. The molecule has 2 aliphatic heterocycles. The van der Waals surface area contributed by atoms with Gasteiger partial charge >= 0.3 is 6.09 Å². The van der Waals surface area contributed by atoms with Gasteiger partial charge in [0.2, 0.25) is 11.0 Å². The SMILES string of the molecule is CC(C)(C)OC(=O)Nc1ccc(CC(=O)N[C@@H]2C(=O)N3C(C(=S)OC(c4ccccc4)c4ccccc4)=C(c4nncs4)CS[C@H]23)cc1. The smallest absolute Gasteiger partial charge is 0.412 e. The third-order valence-corrected chi connectivity index (χ3v) is 9.81. The number of hydrogen-bond donors (Lipinski definition) is 2. The Hall–Kier alpha value is -4.59. The molecular formula is C35H33N5O5S3. The molecule has 0 aliphatic carbocycles. The van der Waals surface area contributed by atoms with Gasteiger partial charge in [0, 0.05) is 17.0 Å². The molecule has 0 saturated carbocycles. The maximum Gasteiger partial charge on any atom is 0.412 e. The second-order valence-electron chi connectivity index (χ2n) is 12.1. The number of rotatable bonds is 9. The molecule has 2 N–H and O–H groups in total. The molecule has 0 bridgehead atoms. The van der Waals surface area contributed by atoms with Gasteiger partial charge in [0.1, 0.15) is 39.3 Å². The number of aromatic nitrogens is 2. The summed E-state index contributed by atoms with van der Waals surface area (Å²) in [5.41, 5.74) is 5.37. The number of benzene rings is 3. The Morgan fingerprint density at radius 1 is 1.00 bits per heavy atom. The highest BCUT2D eigenvalue weighted by atomic mass is 32.2. The molecule has 0 unspecified atom stereocenters. The quantitative estimate of drug-likeness (QED) is 0.152. The molecule has 48 heavy (non-hydrogen) atoms. The maximum absolute atomic E-state index is 13.7. The number of amides is 3. The van der Waals surface area contributed by atoms with E-state index in [-0.39, 0.29) is 28.7 Å². The molecular weight excluding hydrogens is 667 g/mol. The molecule has 0 radical (unpaired) electrons. The summed E-state index contributed by atoms with van der Waals surface area (Å²) in [6.45, 7) is 5.36. The van der Waals surface area contributed by atoms with Crippen LogP contribution in [-0.2, 0) is 25.5 Å². The first kappa shape index (κ1) is 33.3. The first-order chi connectivity index (χ1) is 23.1. The van der Waals surface area contributed by atoms with E-state index in [4.69, 9.17) is 21.7 Å². The van der Waals surface area contributed by atoms with Crippen molar-refractivity contribution in [1.29, 1.82) is 0 Å². The second-order valence-corrected chi connectivity index (χ2v) is 14.4. The summed E-state index contributed by atoms with van der Waals surface area (Å²) in [5, 5.41) is 14.3. The zero-order valence-corrected chi connectivity index (χ0v) is 28.9. The van der Waals surface area contributed by atoms with E-state index < -0.39 is 23.8 Å². The number of anilines is 1. The van der Waals surface area contributed by atoms with E-state index in [9.17, 15) is 14.4 Å². The number of thioether (sulfide) groups is 1. The van der Waals surface area contributed by atoms with Gasteiger partial charge in [-0.25, -0.2) is 4.79 Å². The Kier molecular flexibility index (Phi) is 9.90. The van der Waals surface area contributed by atoms with Crippen molar-refractivity contribution in [3.05, 3.63) is 118 Å². The van der Waals surface area contributed by atoms with Crippen LogP contribution in [0.3, 0.4) is 0 Å². The summed E-state index contributed by atoms with van der Waals surface area (Å²) in [6.07, 6.45) is -1.01. The lowest BCUT2D eigenvalue weighted by Crippen LogP contribution is -2.70. The number of ether oxygens (including phenoxy) is 2. The number of carbonyl (C=O) groups is 3. The molecule has 10 nitrogen and oxygen atoms in total. The molecule has 0 spiro atoms. The number of thiocarbonyl (C=S) groups is 1. The van der Waals surface area contributed by atoms with Crippen molar-refractivity contribution in [3.63, 3.8) is 0 Å². The van der Waals surface area contributed by atoms with E-state index in [1.54, 1.807) is 55.4 Å². The third kappa shape index (κ3) is 7.59. The number of hydrogen-bond acceptors (Lipinski definition) is 10. The van der Waals surface area contributed by atoms with Gasteiger partial charge in [-0.3, -0.25) is 19.8 Å². The number of carbonyl (C=O) groups excluding carboxylic acids is 3. The highest BCUT2D eigenvalue weighted by Gasteiger charge is 2.54. The van der Waals surface area contributed by atoms with Crippen LogP contribution < -0.4 is 10.6 Å². The topological polar surface area (TPSA) is 123 Å². The van der Waals surface area contributed by atoms with Gasteiger partial charge in [0.15, 0.2) is 0 Å². The van der Waals surface area contributed by atoms with Crippen LogP contribution in [0.15, 0.2) is 96.1 Å². The predicted octanol–water partition coefficient (Wildman–Crippen LogP) is 6.37. The van der Waals surface area contributed by atoms with Crippen LogP contribution in [0.1, 0.15) is 48.6 Å². The zero-order chi connectivity index (χ0) is 33.8. The lowest BCUT2D eigenvalue weighted by Gasteiger charge is -2.50. The third-order valence-electron chi connectivity index (χ3n) is 7.49. The Balaban J connectivity index is 1.16. The van der Waals surface area contributed by atoms with Gasteiger partial charge in [-0.15, -0.1) is 33.3 Å². The Bertz CT molecular complexity index is 1790. The summed E-state index contributed by atoms with van der Waals surface area (Å²) in [4.78, 5) is 40.6. The van der Waals surface area contributed by atoms with E-state index >= 15 is 0 Å². The van der Waals surface area contributed by atoms with E-state index in [0.29, 0.717) is 22.1 Å². The highest BCUT2D eigenvalue weighted by Crippen LogP contribution is 2.45. The lowest BCUT2D eigenvalue weighted by atomic mass is 10.0. The summed E-state index contributed by atoms with van der Waals surface area (Å²) in [5.74, 6) is -0.0761. The van der Waals surface area contributed by atoms with Crippen molar-refractivity contribution < 1.29 is 23.9 Å². The lowest BCUT2D eigenvalue weighted by molar-refractivity contribution is -0.145. The van der Waals surface area contributed by atoms with Gasteiger partial charge in [-0.2, -0.15) is 0 Å². The Morgan fingerprint density at radius 2 is 1.65 bits per heavy atom. The molecule has 2 aliphatic rings. The molecule has 2 atom stereocenters. The van der Waals surface area contributed by atoms with Crippen LogP contribution in [-0.4, -0.2) is 60.8 Å². The molecule has 13 heteroatoms. The van der Waals surface area contributed by atoms with Crippen LogP contribution >= 0.6 is 35.3 Å². The normalized spacial score (nSPS) is 17.3. The number of β-lactam (4-membered cyclic amide) rings is 1. The molecule has 3 aromatic carbocycles. The number of fused-ring (bicyclic) bond motifs is 1. The van der Waals surface area contributed by atoms with Crippen molar-refractivity contribution >= 4 is 69.5 Å². The minimum Gasteiger partial charge on any atom is -0.469 e. The summed E-state index contributed by atoms with van der Waals surface area (Å²) < 4.78 is 11.8. The average molecular weight is 700 g/mol. The van der Waals surface area contributed by atoms with Gasteiger partial charge in [-0.05, 0) is 61.8 Å². The fraction of sp³-hybridized carbons (Fsp3) is 0.257. The Labute approximate surface area is 291 Å². The molecule has 3 amide bonds. The van der Waals surface area contributed by atoms with Crippen molar-refractivity contribution in [2.75, 3.05) is 11.1 Å². The molecule has 1 aromatic heterocycles. The molecule has 1 fully saturated rings. The minimum atomic E-state index is -0.733. The van der Waals surface area contributed by atoms with Gasteiger partial charge in [-0.1, -0.05) is 72.8 Å². The van der Waals surface area contributed by atoms with Crippen LogP contribution in [0.2, 0.25) is 0 Å². The van der Waals surface area contributed by atoms with E-state index in [1.165, 1.54) is 23.1 Å². The number of nitrogens with zero attached hydrogens (tertiary/aromatic N) is 3. The first-order valence-electron chi connectivity index (χ1n) is 15.2. The van der Waals surface area contributed by atoms with Gasteiger partial charge < -0.3 is 14.8 Å². The average Bonchev–Trinajstić information content (AvgIpc) is 3.61. The predicted molar refractivity (Wildman–Crippen MR) is 190 cm³/mol. The zero-order valence-electron chi connectivity index (χ0n) is 26.4. The largest absolute Gasteiger partial charge is 0.469 e. The molecule has 3 heterocycles. The van der Waals surface area contributed by atoms with Crippen molar-refractivity contribution in [1.82, 2.24) is 20.4 Å². The first-order valence-corrected chi connectivity index (χ1v) is 17.5. The molecule has 1 saturated heterocycles. The van der Waals surface area contributed by atoms with Crippen LogP contribution in [0.25, 0.3) is 5.57 Å². The van der Waals surface area contributed by atoms with Crippen LogP contribution in [0.4, 0.5) is 10.5 Å². The maximum atomic E-state index is 13.7. The van der Waals surface area contributed by atoms with Crippen molar-refractivity contribution in [2.45, 2.75) is 50.3 Å². The van der Waals surface area contributed by atoms with E-state index in [0.717, 1.165) is 22.3 Å². The van der Waals surface area contributed by atoms with E-state index in [1.807, 2.05) is 60.7 Å². The van der Waals surface area contributed by atoms with Crippen LogP contribution in [0, 0.1) is 0 Å². The fourth-order valence-electron chi connectivity index (χ4n) is 5.36. The monoisotopic (exact) mass is 699 g/mol. The summed E-state index contributed by atoms with van der Waals surface area (Å²) in [7, 11) is 0. The van der Waals surface area contributed by atoms with Gasteiger partial charge in [0.05, 0.1) is 6.42 Å². The fourth-order valence-corrected chi connectivity index (χ4v) is 7.72. The minimum absolute atomic E-state index is 0.0595. The van der Waals surface area contributed by atoms with Gasteiger partial charge in [0.25, 0.3) is 5.91 Å². The van der Waals surface area contributed by atoms with Crippen LogP contribution in [0.5, 0.6) is 0 Å². The van der Waals surface area contributed by atoms with Crippen molar-refractivity contribution in [2.24, 2.45) is 0 Å². The summed E-state index contributed by atoms with van der Waals surface area (Å²) >= 11 is 8.84. The molecule has 6 rings (SSSR count). The summed E-state index contributed by atoms with van der Waals surface area (Å²) in [6, 6.07) is 25.7. The van der Waals surface area contributed by atoms with E-state index in [2.05, 4.69) is 20.8 Å². The molecule has 246 valence electrons. The number of nitrogens with one attached hydrogen (secondary N) is 2. The Morgan fingerprint density at radius 3 is 2.23 bits per heavy atom. The molecule has 4 aromatic rings. The highest BCUT2D eigenvalue weighted by molar-refractivity contribution is 8.00. The van der Waals surface area contributed by atoms with Crippen molar-refractivity contribution in [3.8, 4) is 0 Å². The standard InChI is InChI=1S/C35H33N5O5S3/c1-35(2,3)45-34(43)37-24-16-14-21(15-17-24)18-26(41)38-27-31(42)40-28(25(19-47-32(27)40)30-39-36-20-48-30)33(46)44-29(22-10-6-4-7-11-22)23-12-8-5-9-13-23/h4-17,20,27,29,32H,18-19H2,1-3H3,(H,37,43)(H,38,41)/t27-,32-/m1/s1.